The van der Waals surface area contributed by atoms with Gasteiger partial charge in [0.05, 0.1) is 5.39 Å². The molecule has 0 radical (unpaired) electrons. The first-order chi connectivity index (χ1) is 8.63. The van der Waals surface area contributed by atoms with Gasteiger partial charge in [-0.3, -0.25) is 0 Å². The zero-order valence-corrected chi connectivity index (χ0v) is 12.1. The molecule has 1 fully saturated rings. The number of aromatic nitrogens is 2. The molecule has 1 aliphatic rings. The molecule has 3 nitrogen and oxygen atoms in total. The Morgan fingerprint density at radius 2 is 2.22 bits per heavy atom. The zero-order chi connectivity index (χ0) is 12.7. The third kappa shape index (κ3) is 2.19. The minimum atomic E-state index is 0.331. The zero-order valence-electron chi connectivity index (χ0n) is 10.5. The van der Waals surface area contributed by atoms with Crippen LogP contribution in [0.2, 0.25) is 5.28 Å². The van der Waals surface area contributed by atoms with Gasteiger partial charge in [0.25, 0.3) is 0 Å². The molecule has 5 heteroatoms. The fourth-order valence-corrected chi connectivity index (χ4v) is 3.76. The molecule has 0 amide bonds. The molecule has 2 heterocycles. The number of rotatable bonds is 2. The number of nitrogens with zero attached hydrogens (tertiary/aromatic N) is 2. The molecule has 0 aliphatic heterocycles. The SMILES string of the molecule is Cc1cc2c(NC3CCCC3C)nc(Cl)nc2s1. The van der Waals surface area contributed by atoms with Crippen molar-refractivity contribution >= 4 is 39.0 Å². The maximum absolute atomic E-state index is 6.00. The second kappa shape index (κ2) is 4.67. The Balaban J connectivity index is 1.99. The fraction of sp³-hybridized carbons (Fsp3) is 0.538. The number of aryl methyl sites for hydroxylation is 1. The highest BCUT2D eigenvalue weighted by Crippen LogP contribution is 2.33. The van der Waals surface area contributed by atoms with E-state index in [4.69, 9.17) is 11.6 Å². The van der Waals surface area contributed by atoms with Gasteiger partial charge in [0.1, 0.15) is 10.6 Å². The van der Waals surface area contributed by atoms with Gasteiger partial charge in [-0.15, -0.1) is 11.3 Å². The molecule has 2 aromatic rings. The Labute approximate surface area is 116 Å². The molecular formula is C13H16ClN3S. The average molecular weight is 282 g/mol. The summed E-state index contributed by atoms with van der Waals surface area (Å²) in [4.78, 5) is 10.9. The van der Waals surface area contributed by atoms with Gasteiger partial charge >= 0.3 is 0 Å². The molecule has 3 rings (SSSR count). The van der Waals surface area contributed by atoms with Gasteiger partial charge in [0.15, 0.2) is 0 Å². The molecule has 2 atom stereocenters. The van der Waals surface area contributed by atoms with Crippen molar-refractivity contribution in [2.24, 2.45) is 5.92 Å². The average Bonchev–Trinajstić information content (AvgIpc) is 2.85. The molecule has 1 aliphatic carbocycles. The predicted molar refractivity (Wildman–Crippen MR) is 77.6 cm³/mol. The molecule has 2 unspecified atom stereocenters. The van der Waals surface area contributed by atoms with E-state index in [-0.39, 0.29) is 0 Å². The second-order valence-electron chi connectivity index (χ2n) is 5.08. The minimum absolute atomic E-state index is 0.331. The van der Waals surface area contributed by atoms with Gasteiger partial charge in [0, 0.05) is 10.9 Å². The van der Waals surface area contributed by atoms with Crippen molar-refractivity contribution in [2.45, 2.75) is 39.2 Å². The lowest BCUT2D eigenvalue weighted by atomic mass is 10.1. The van der Waals surface area contributed by atoms with E-state index in [9.17, 15) is 0 Å². The van der Waals surface area contributed by atoms with Crippen LogP contribution >= 0.6 is 22.9 Å². The van der Waals surface area contributed by atoms with E-state index in [0.29, 0.717) is 17.2 Å². The normalized spacial score (nSPS) is 23.7. The minimum Gasteiger partial charge on any atom is -0.366 e. The summed E-state index contributed by atoms with van der Waals surface area (Å²) in [7, 11) is 0. The smallest absolute Gasteiger partial charge is 0.225 e. The fourth-order valence-electron chi connectivity index (χ4n) is 2.66. The lowest BCUT2D eigenvalue weighted by molar-refractivity contribution is 0.555. The highest BCUT2D eigenvalue weighted by atomic mass is 35.5. The molecule has 1 N–H and O–H groups in total. The Morgan fingerprint density at radius 3 is 2.94 bits per heavy atom. The van der Waals surface area contributed by atoms with Crippen LogP contribution < -0.4 is 5.32 Å². The van der Waals surface area contributed by atoms with Gasteiger partial charge in [-0.2, -0.15) is 0 Å². The van der Waals surface area contributed by atoms with Crippen molar-refractivity contribution in [2.75, 3.05) is 5.32 Å². The Hall–Kier alpha value is -0.870. The van der Waals surface area contributed by atoms with Gasteiger partial charge in [-0.25, -0.2) is 9.97 Å². The molecule has 1 saturated carbocycles. The number of fused-ring (bicyclic) bond motifs is 1. The quantitative estimate of drug-likeness (QED) is 0.836. The number of nitrogens with one attached hydrogen (secondary N) is 1. The van der Waals surface area contributed by atoms with Crippen LogP contribution in [0.4, 0.5) is 5.82 Å². The van der Waals surface area contributed by atoms with Crippen LogP contribution in [0.5, 0.6) is 0 Å². The van der Waals surface area contributed by atoms with Crippen molar-refractivity contribution in [1.82, 2.24) is 9.97 Å². The van der Waals surface area contributed by atoms with E-state index >= 15 is 0 Å². The van der Waals surface area contributed by atoms with Gasteiger partial charge in [-0.05, 0) is 43.4 Å². The van der Waals surface area contributed by atoms with Gasteiger partial charge in [0.2, 0.25) is 5.28 Å². The summed E-state index contributed by atoms with van der Waals surface area (Å²) in [5.74, 6) is 1.60. The summed E-state index contributed by atoms with van der Waals surface area (Å²) in [5.41, 5.74) is 0. The van der Waals surface area contributed by atoms with Crippen molar-refractivity contribution in [3.63, 3.8) is 0 Å². The first-order valence-electron chi connectivity index (χ1n) is 6.33. The van der Waals surface area contributed by atoms with Crippen molar-refractivity contribution in [3.05, 3.63) is 16.2 Å². The molecule has 2 aromatic heterocycles. The van der Waals surface area contributed by atoms with Gasteiger partial charge in [-0.1, -0.05) is 13.3 Å². The molecule has 0 aromatic carbocycles. The molecule has 96 valence electrons. The summed E-state index contributed by atoms with van der Waals surface area (Å²) < 4.78 is 0. The van der Waals surface area contributed by atoms with E-state index < -0.39 is 0 Å². The molecule has 0 bridgehead atoms. The molecule has 18 heavy (non-hydrogen) atoms. The van der Waals surface area contributed by atoms with Crippen LogP contribution in [0.25, 0.3) is 10.2 Å². The Kier molecular flexibility index (Phi) is 3.16. The molecular weight excluding hydrogens is 266 g/mol. The highest BCUT2D eigenvalue weighted by Gasteiger charge is 2.24. The van der Waals surface area contributed by atoms with E-state index in [1.54, 1.807) is 11.3 Å². The molecule has 0 spiro atoms. The van der Waals surface area contributed by atoms with E-state index in [2.05, 4.69) is 35.2 Å². The number of anilines is 1. The Morgan fingerprint density at radius 1 is 1.39 bits per heavy atom. The Bertz CT molecular complexity index is 581. The van der Waals surface area contributed by atoms with Crippen LogP contribution in [-0.4, -0.2) is 16.0 Å². The van der Waals surface area contributed by atoms with Crippen molar-refractivity contribution in [1.29, 1.82) is 0 Å². The first kappa shape index (κ1) is 12.2. The summed E-state index contributed by atoms with van der Waals surface area (Å²) >= 11 is 7.66. The third-order valence-electron chi connectivity index (χ3n) is 3.67. The van der Waals surface area contributed by atoms with Crippen molar-refractivity contribution in [3.8, 4) is 0 Å². The van der Waals surface area contributed by atoms with E-state index in [0.717, 1.165) is 16.0 Å². The van der Waals surface area contributed by atoms with E-state index in [1.165, 1.54) is 24.1 Å². The summed E-state index contributed by atoms with van der Waals surface area (Å²) in [6, 6.07) is 2.65. The summed E-state index contributed by atoms with van der Waals surface area (Å²) in [6.45, 7) is 4.38. The number of halogens is 1. The van der Waals surface area contributed by atoms with Gasteiger partial charge < -0.3 is 5.32 Å². The standard InChI is InChI=1S/C13H16ClN3S/c1-7-4-3-5-10(7)15-11-9-6-8(2)18-12(9)17-13(14)16-11/h6-7,10H,3-5H2,1-2H3,(H,15,16,17). The maximum atomic E-state index is 6.00. The van der Waals surface area contributed by atoms with E-state index in [1.807, 2.05) is 0 Å². The topological polar surface area (TPSA) is 37.8 Å². The van der Waals surface area contributed by atoms with Crippen LogP contribution in [-0.2, 0) is 0 Å². The third-order valence-corrected chi connectivity index (χ3v) is 4.79. The van der Waals surface area contributed by atoms with Crippen LogP contribution in [0.3, 0.4) is 0 Å². The largest absolute Gasteiger partial charge is 0.366 e. The maximum Gasteiger partial charge on any atom is 0.225 e. The lowest BCUT2D eigenvalue weighted by Gasteiger charge is -2.18. The number of hydrogen-bond donors (Lipinski definition) is 1. The summed E-state index contributed by atoms with van der Waals surface area (Å²) in [5, 5.41) is 4.99. The monoisotopic (exact) mass is 281 g/mol. The van der Waals surface area contributed by atoms with Crippen molar-refractivity contribution < 1.29 is 0 Å². The highest BCUT2D eigenvalue weighted by molar-refractivity contribution is 7.18. The first-order valence-corrected chi connectivity index (χ1v) is 7.53. The van der Waals surface area contributed by atoms with Crippen LogP contribution in [0.1, 0.15) is 31.1 Å². The lowest BCUT2D eigenvalue weighted by Crippen LogP contribution is -2.22. The van der Waals surface area contributed by atoms with Crippen LogP contribution in [0.15, 0.2) is 6.07 Å². The second-order valence-corrected chi connectivity index (χ2v) is 6.65. The number of hydrogen-bond acceptors (Lipinski definition) is 4. The number of thiophene rings is 1. The summed E-state index contributed by atoms with van der Waals surface area (Å²) in [6.07, 6.45) is 3.80. The molecule has 0 saturated heterocycles. The van der Waals surface area contributed by atoms with Crippen LogP contribution in [0, 0.1) is 12.8 Å². The predicted octanol–water partition coefficient (Wildman–Crippen LogP) is 4.25.